The number of benzene rings is 2. The van der Waals surface area contributed by atoms with Gasteiger partial charge in [-0.2, -0.15) is 0 Å². The second-order valence-corrected chi connectivity index (χ2v) is 8.49. The number of nitrogens with two attached hydrogens (primary N) is 1. The van der Waals surface area contributed by atoms with Gasteiger partial charge >= 0.3 is 11.9 Å². The third-order valence-electron chi connectivity index (χ3n) is 5.37. The lowest BCUT2D eigenvalue weighted by Gasteiger charge is -2.27. The molecule has 2 aromatic carbocycles. The third-order valence-corrected chi connectivity index (χ3v) is 6.48. The molecule has 174 valence electrons. The lowest BCUT2D eigenvalue weighted by Crippen LogP contribution is -2.42. The highest BCUT2D eigenvalue weighted by Crippen LogP contribution is 2.37. The zero-order chi connectivity index (χ0) is 24.2. The van der Waals surface area contributed by atoms with Crippen LogP contribution in [0.1, 0.15) is 30.9 Å². The minimum absolute atomic E-state index is 0.0368. The van der Waals surface area contributed by atoms with Crippen molar-refractivity contribution in [2.24, 2.45) is 5.73 Å². The van der Waals surface area contributed by atoms with E-state index in [9.17, 15) is 14.4 Å². The standard InChI is InChI=1S/C26H24N2O5S/c1-3-32-25(30)20-19(17-13-9-6-10-14-17)21(26(31)33-4-2)24-28(22(20)27)23(29)18(34-24)15-16-11-7-5-8-12-16/h5-15,19H,3-4,27H2,1-2H3/t19-/m0/s1. The van der Waals surface area contributed by atoms with Gasteiger partial charge in [-0.05, 0) is 31.1 Å². The van der Waals surface area contributed by atoms with Crippen LogP contribution in [0.15, 0.2) is 71.0 Å². The number of carbonyl (C=O) groups excluding carboxylic acids is 2. The summed E-state index contributed by atoms with van der Waals surface area (Å²) in [6.45, 7) is 3.63. The van der Waals surface area contributed by atoms with Gasteiger partial charge in [-0.25, -0.2) is 9.59 Å². The van der Waals surface area contributed by atoms with E-state index in [1.807, 2.05) is 48.5 Å². The number of fused-ring (bicyclic) bond motifs is 1. The summed E-state index contributed by atoms with van der Waals surface area (Å²) in [6, 6.07) is 18.4. The number of hydrogen-bond acceptors (Lipinski definition) is 7. The van der Waals surface area contributed by atoms with Gasteiger partial charge in [0.15, 0.2) is 0 Å². The zero-order valence-electron chi connectivity index (χ0n) is 18.8. The molecule has 4 rings (SSSR count). The van der Waals surface area contributed by atoms with Crippen molar-refractivity contribution in [2.45, 2.75) is 19.8 Å². The molecule has 0 radical (unpaired) electrons. The molecule has 1 aromatic heterocycles. The Morgan fingerprint density at radius 1 is 0.941 bits per heavy atom. The minimum atomic E-state index is -0.845. The summed E-state index contributed by atoms with van der Waals surface area (Å²) < 4.78 is 12.6. The third kappa shape index (κ3) is 4.20. The summed E-state index contributed by atoms with van der Waals surface area (Å²) in [5.41, 5.74) is 7.75. The topological polar surface area (TPSA) is 101 Å². The molecule has 7 nitrogen and oxygen atoms in total. The fourth-order valence-electron chi connectivity index (χ4n) is 3.94. The van der Waals surface area contributed by atoms with E-state index >= 15 is 0 Å². The van der Waals surface area contributed by atoms with Crippen LogP contribution in [0.3, 0.4) is 0 Å². The highest BCUT2D eigenvalue weighted by Gasteiger charge is 2.39. The van der Waals surface area contributed by atoms with Crippen LogP contribution in [-0.2, 0) is 19.1 Å². The predicted molar refractivity (Wildman–Crippen MR) is 131 cm³/mol. The van der Waals surface area contributed by atoms with E-state index in [2.05, 4.69) is 0 Å². The van der Waals surface area contributed by atoms with Crippen molar-refractivity contribution in [3.63, 3.8) is 0 Å². The Labute approximate surface area is 200 Å². The first-order valence-corrected chi connectivity index (χ1v) is 11.7. The van der Waals surface area contributed by atoms with Gasteiger partial charge in [-0.1, -0.05) is 60.7 Å². The molecule has 0 aliphatic carbocycles. The molecular weight excluding hydrogens is 452 g/mol. The maximum atomic E-state index is 13.4. The van der Waals surface area contributed by atoms with E-state index in [-0.39, 0.29) is 30.2 Å². The zero-order valence-corrected chi connectivity index (χ0v) is 19.6. The second kappa shape index (κ2) is 9.93. The normalized spacial score (nSPS) is 15.8. The van der Waals surface area contributed by atoms with Gasteiger partial charge in [0.1, 0.15) is 10.5 Å². The number of ether oxygens (including phenoxy) is 2. The van der Waals surface area contributed by atoms with Crippen molar-refractivity contribution >= 4 is 40.7 Å². The average molecular weight is 477 g/mol. The van der Waals surface area contributed by atoms with Crippen molar-refractivity contribution in [3.05, 3.63) is 96.9 Å². The van der Waals surface area contributed by atoms with Gasteiger partial charge in [0.25, 0.3) is 5.56 Å². The Morgan fingerprint density at radius 3 is 2.09 bits per heavy atom. The van der Waals surface area contributed by atoms with E-state index in [1.165, 1.54) is 4.57 Å². The van der Waals surface area contributed by atoms with Crippen LogP contribution < -0.4 is 20.5 Å². The van der Waals surface area contributed by atoms with Crippen LogP contribution >= 0.6 is 11.3 Å². The molecule has 3 aromatic rings. The number of aromatic nitrogens is 1. The van der Waals surface area contributed by atoms with Crippen molar-refractivity contribution in [2.75, 3.05) is 13.2 Å². The van der Waals surface area contributed by atoms with E-state index in [0.717, 1.165) is 16.9 Å². The Bertz CT molecular complexity index is 1440. The van der Waals surface area contributed by atoms with Gasteiger partial charge in [-0.3, -0.25) is 9.36 Å². The Kier molecular flexibility index (Phi) is 6.79. The van der Waals surface area contributed by atoms with Crippen LogP contribution in [0.4, 0.5) is 0 Å². The Hall–Kier alpha value is -3.91. The molecule has 1 atom stereocenters. The van der Waals surface area contributed by atoms with Crippen molar-refractivity contribution in [1.29, 1.82) is 0 Å². The van der Waals surface area contributed by atoms with Crippen molar-refractivity contribution < 1.29 is 19.1 Å². The molecule has 0 unspecified atom stereocenters. The molecule has 0 saturated carbocycles. The molecule has 0 bridgehead atoms. The molecule has 0 saturated heterocycles. The van der Waals surface area contributed by atoms with Gasteiger partial charge in [0, 0.05) is 0 Å². The van der Waals surface area contributed by atoms with Crippen LogP contribution in [0.5, 0.6) is 0 Å². The smallest absolute Gasteiger partial charge is 0.338 e. The highest BCUT2D eigenvalue weighted by atomic mass is 32.1. The number of nitrogens with zero attached hydrogens (tertiary/aromatic N) is 1. The number of esters is 2. The number of carbonyl (C=O) groups is 2. The van der Waals surface area contributed by atoms with Crippen LogP contribution in [0, 0.1) is 0 Å². The molecule has 0 fully saturated rings. The van der Waals surface area contributed by atoms with Crippen LogP contribution in [-0.4, -0.2) is 29.7 Å². The molecule has 1 aliphatic rings. The van der Waals surface area contributed by atoms with Gasteiger partial charge < -0.3 is 15.2 Å². The number of rotatable bonds is 6. The quantitative estimate of drug-likeness (QED) is 0.546. The maximum Gasteiger partial charge on any atom is 0.338 e. The molecular formula is C26H24N2O5S. The fourth-order valence-corrected chi connectivity index (χ4v) is 5.11. The average Bonchev–Trinajstić information content (AvgIpc) is 3.16. The lowest BCUT2D eigenvalue weighted by molar-refractivity contribution is -0.138. The molecule has 8 heteroatoms. The SMILES string of the molecule is CCOC(=O)C1=C(N)n2c(sc(=Cc3ccccc3)c2=O)=C(C(=O)OCC)[C@H]1c1ccccc1. The first-order chi connectivity index (χ1) is 16.5. The summed E-state index contributed by atoms with van der Waals surface area (Å²) >= 11 is 1.14. The summed E-state index contributed by atoms with van der Waals surface area (Å²) in [7, 11) is 0. The predicted octanol–water partition coefficient (Wildman–Crippen LogP) is 1.94. The summed E-state index contributed by atoms with van der Waals surface area (Å²) in [4.78, 5) is 39.8. The first-order valence-electron chi connectivity index (χ1n) is 10.9. The monoisotopic (exact) mass is 476 g/mol. The van der Waals surface area contributed by atoms with Crippen LogP contribution in [0.2, 0.25) is 0 Å². The molecule has 34 heavy (non-hydrogen) atoms. The van der Waals surface area contributed by atoms with Gasteiger partial charge in [-0.15, -0.1) is 11.3 Å². The van der Waals surface area contributed by atoms with Gasteiger partial charge in [0.2, 0.25) is 0 Å². The van der Waals surface area contributed by atoms with Gasteiger partial charge in [0.05, 0.1) is 34.8 Å². The van der Waals surface area contributed by atoms with E-state index in [4.69, 9.17) is 15.2 Å². The summed E-state index contributed by atoms with van der Waals surface area (Å²) in [6.07, 6.45) is 1.73. The van der Waals surface area contributed by atoms with Crippen molar-refractivity contribution in [3.8, 4) is 0 Å². The highest BCUT2D eigenvalue weighted by molar-refractivity contribution is 7.07. The van der Waals surface area contributed by atoms with Crippen molar-refractivity contribution in [1.82, 2.24) is 4.57 Å². The maximum absolute atomic E-state index is 13.4. The summed E-state index contributed by atoms with van der Waals surface area (Å²) in [5, 5.41) is 0. The fraction of sp³-hybridized carbons (Fsp3) is 0.192. The summed E-state index contributed by atoms with van der Waals surface area (Å²) in [5.74, 6) is -2.20. The molecule has 2 heterocycles. The largest absolute Gasteiger partial charge is 0.463 e. The Morgan fingerprint density at radius 2 is 1.50 bits per heavy atom. The van der Waals surface area contributed by atoms with Crippen LogP contribution in [0.25, 0.3) is 17.5 Å². The second-order valence-electron chi connectivity index (χ2n) is 7.46. The number of thiazole rings is 1. The Balaban J connectivity index is 2.11. The molecule has 1 aliphatic heterocycles. The van der Waals surface area contributed by atoms with E-state index < -0.39 is 23.4 Å². The molecule has 0 spiro atoms. The first kappa shape index (κ1) is 23.3. The van der Waals surface area contributed by atoms with E-state index in [0.29, 0.717) is 14.8 Å². The lowest BCUT2D eigenvalue weighted by atomic mass is 9.83. The molecule has 2 N–H and O–H groups in total. The molecule has 0 amide bonds. The van der Waals surface area contributed by atoms with E-state index in [1.54, 1.807) is 32.1 Å². The number of hydrogen-bond donors (Lipinski definition) is 1. The minimum Gasteiger partial charge on any atom is -0.463 e.